The minimum atomic E-state index is -0.798. The molecule has 0 unspecified atom stereocenters. The maximum atomic E-state index is 4.48. The van der Waals surface area contributed by atoms with E-state index in [4.69, 9.17) is 0 Å². The van der Waals surface area contributed by atoms with E-state index in [1.165, 1.54) is 43.4 Å². The molecular weight excluding hydrogens is 218 g/mol. The third kappa shape index (κ3) is 5.46. The number of hydrogen-bond donors (Lipinski definition) is 0. The van der Waals surface area contributed by atoms with Crippen molar-refractivity contribution in [1.29, 1.82) is 0 Å². The summed E-state index contributed by atoms with van der Waals surface area (Å²) in [5, 5.41) is 0. The van der Waals surface area contributed by atoms with Gasteiger partial charge in [-0.15, -0.1) is 26.4 Å². The van der Waals surface area contributed by atoms with Gasteiger partial charge >= 0.3 is 0 Å². The van der Waals surface area contributed by atoms with Crippen molar-refractivity contribution in [1.82, 2.24) is 0 Å². The summed E-state index contributed by atoms with van der Waals surface area (Å²) < 4.78 is 0. The molecule has 0 radical (unpaired) electrons. The van der Waals surface area contributed by atoms with Crippen LogP contribution < -0.4 is 0 Å². The fourth-order valence-corrected chi connectivity index (χ4v) is 5.89. The van der Waals surface area contributed by atoms with Gasteiger partial charge in [0.15, 0.2) is 0 Å². The monoisotopic (exact) mass is 248 g/mol. The van der Waals surface area contributed by atoms with E-state index in [0.29, 0.717) is 0 Å². The second-order valence-corrected chi connectivity index (χ2v) is 13.5. The van der Waals surface area contributed by atoms with E-state index in [-0.39, 0.29) is 0 Å². The van der Waals surface area contributed by atoms with Crippen LogP contribution in [0.15, 0.2) is 0 Å². The lowest BCUT2D eigenvalue weighted by atomic mass is 10.6. The van der Waals surface area contributed by atoms with E-state index in [1.54, 1.807) is 0 Å². The molecule has 0 aromatic heterocycles. The molecule has 0 aliphatic carbocycles. The van der Waals surface area contributed by atoms with Crippen molar-refractivity contribution in [3.63, 3.8) is 0 Å². The summed E-state index contributed by atoms with van der Waals surface area (Å²) in [5.41, 5.74) is 0. The molecule has 0 fully saturated rings. The molecule has 92 valence electrons. The van der Waals surface area contributed by atoms with E-state index < -0.39 is 13.8 Å². The molecule has 0 aliphatic rings. The molecule has 0 saturated heterocycles. The summed E-state index contributed by atoms with van der Waals surface area (Å²) in [6.45, 7) is 7.67. The maximum absolute atomic E-state index is 4.48. The summed E-state index contributed by atoms with van der Waals surface area (Å²) >= 11 is 0. The lowest BCUT2D eigenvalue weighted by Crippen LogP contribution is -2.02. The Morgan fingerprint density at radius 3 is 1.13 bits per heavy atom. The van der Waals surface area contributed by atoms with Gasteiger partial charge in [0.2, 0.25) is 0 Å². The van der Waals surface area contributed by atoms with Crippen LogP contribution >= 0.6 is 13.8 Å². The average molecular weight is 248 g/mol. The first-order chi connectivity index (χ1) is 6.95. The Hall–Kier alpha value is 0.600. The molecule has 15 heavy (non-hydrogen) atoms. The Morgan fingerprint density at radius 2 is 0.933 bits per heavy atom. The molecule has 0 rings (SSSR count). The van der Waals surface area contributed by atoms with Gasteiger partial charge in [-0.1, -0.05) is 27.7 Å². The van der Waals surface area contributed by atoms with Crippen LogP contribution in [0.5, 0.6) is 0 Å². The number of rotatable bonds is 8. The zero-order valence-electron chi connectivity index (χ0n) is 11.3. The van der Waals surface area contributed by atoms with E-state index >= 15 is 0 Å². The summed E-state index contributed by atoms with van der Waals surface area (Å²) in [4.78, 5) is 0. The lowest BCUT2D eigenvalue weighted by molar-refractivity contribution is 1.08. The normalized spacial score (nSPS) is 13.1. The van der Waals surface area contributed by atoms with Crippen molar-refractivity contribution < 1.29 is 0 Å². The molecule has 0 aromatic rings. The van der Waals surface area contributed by atoms with Crippen LogP contribution in [0.1, 0.15) is 34.1 Å². The van der Waals surface area contributed by atoms with E-state index in [0.717, 1.165) is 0 Å². The maximum Gasteiger partial charge on any atom is -0.0329 e. The quantitative estimate of drug-likeness (QED) is 0.560. The van der Waals surface area contributed by atoms with Gasteiger partial charge in [0.25, 0.3) is 0 Å². The van der Waals surface area contributed by atoms with Crippen LogP contribution in [0.2, 0.25) is 0 Å². The van der Waals surface area contributed by atoms with Gasteiger partial charge in [-0.2, -0.15) is 0 Å². The molecule has 0 aromatic carbocycles. The highest BCUT2D eigenvalue weighted by Crippen LogP contribution is 2.49. The van der Waals surface area contributed by atoms with Crippen molar-refractivity contribution in [2.45, 2.75) is 34.1 Å². The number of hydrogen-bond acceptors (Lipinski definition) is 0. The van der Waals surface area contributed by atoms with E-state index in [1.807, 2.05) is 0 Å². The van der Waals surface area contributed by atoms with Crippen molar-refractivity contribution >= 4 is 26.4 Å². The van der Waals surface area contributed by atoms with Crippen molar-refractivity contribution in [3.8, 4) is 0 Å². The minimum Gasteiger partial charge on any atom is -0.112 e. The van der Waals surface area contributed by atoms with Crippen LogP contribution in [0.3, 0.4) is 0 Å². The zero-order chi connectivity index (χ0) is 11.9. The molecule has 0 atom stereocenters. The fourth-order valence-electron chi connectivity index (χ4n) is 1.82. The van der Waals surface area contributed by atoms with Crippen LogP contribution in [0.25, 0.3) is 0 Å². The van der Waals surface area contributed by atoms with Crippen LogP contribution in [-0.2, 0) is 0 Å². The van der Waals surface area contributed by atoms with E-state index in [9.17, 15) is 0 Å². The van der Waals surface area contributed by atoms with Crippen molar-refractivity contribution in [2.75, 3.05) is 37.0 Å². The fraction of sp³-hybridized carbons (Fsp3) is 0.846. The highest BCUT2D eigenvalue weighted by Gasteiger charge is 2.12. The van der Waals surface area contributed by atoms with Crippen molar-refractivity contribution in [2.24, 2.45) is 0 Å². The van der Waals surface area contributed by atoms with E-state index in [2.05, 4.69) is 40.3 Å². The van der Waals surface area contributed by atoms with Gasteiger partial charge in [-0.3, -0.25) is 0 Å². The van der Waals surface area contributed by atoms with Crippen LogP contribution in [-0.4, -0.2) is 49.6 Å². The Morgan fingerprint density at radius 1 is 0.667 bits per heavy atom. The SMILES string of the molecule is C=P(CC)(CC)CCCP(=C)(CC)CC. The van der Waals surface area contributed by atoms with Gasteiger partial charge in [-0.05, 0) is 43.4 Å². The highest BCUT2D eigenvalue weighted by atomic mass is 31.2. The van der Waals surface area contributed by atoms with Crippen molar-refractivity contribution in [3.05, 3.63) is 0 Å². The average Bonchev–Trinajstić information content (AvgIpc) is 2.28. The minimum absolute atomic E-state index is 0.798. The highest BCUT2D eigenvalue weighted by molar-refractivity contribution is 7.74. The zero-order valence-corrected chi connectivity index (χ0v) is 13.0. The Kier molecular flexibility index (Phi) is 7.31. The third-order valence-corrected chi connectivity index (χ3v) is 11.8. The predicted molar refractivity (Wildman–Crippen MR) is 84.6 cm³/mol. The molecule has 0 saturated carbocycles. The first kappa shape index (κ1) is 15.6. The second-order valence-electron chi connectivity index (χ2n) is 4.75. The topological polar surface area (TPSA) is 0 Å². The summed E-state index contributed by atoms with van der Waals surface area (Å²) in [5.74, 6) is 0. The molecule has 0 aliphatic heterocycles. The largest absolute Gasteiger partial charge is 0.112 e. The van der Waals surface area contributed by atoms with Crippen LogP contribution in [0.4, 0.5) is 0 Å². The van der Waals surface area contributed by atoms with Crippen LogP contribution in [0, 0.1) is 0 Å². The standard InChI is InChI=1S/C13H30P2/c1-7-14(5,8-2)12-11-13-15(6,9-3)10-4/h5-13H2,1-4H3. The second kappa shape index (κ2) is 7.03. The molecule has 2 heteroatoms. The summed E-state index contributed by atoms with van der Waals surface area (Å²) in [7, 11) is 0. The van der Waals surface area contributed by atoms with Gasteiger partial charge < -0.3 is 0 Å². The molecule has 0 heterocycles. The molecule has 0 nitrogen and oxygen atoms in total. The smallest absolute Gasteiger partial charge is 0.0329 e. The molecule has 0 spiro atoms. The molecular formula is C13H30P2. The molecule has 0 bridgehead atoms. The summed E-state index contributed by atoms with van der Waals surface area (Å²) in [6.07, 6.45) is 18.4. The summed E-state index contributed by atoms with van der Waals surface area (Å²) in [6, 6.07) is 0. The third-order valence-electron chi connectivity index (χ3n) is 3.95. The van der Waals surface area contributed by atoms with Gasteiger partial charge in [0.05, 0.1) is 0 Å². The predicted octanol–water partition coefficient (Wildman–Crippen LogP) is 4.36. The Bertz CT molecular complexity index is 211. The van der Waals surface area contributed by atoms with Gasteiger partial charge in [0.1, 0.15) is 0 Å². The first-order valence-corrected chi connectivity index (χ1v) is 11.4. The van der Waals surface area contributed by atoms with Gasteiger partial charge in [0, 0.05) is 0 Å². The Balaban J connectivity index is 4.08. The van der Waals surface area contributed by atoms with Gasteiger partial charge in [-0.25, -0.2) is 0 Å². The Labute approximate surface area is 97.8 Å². The molecule has 0 amide bonds. The lowest BCUT2D eigenvalue weighted by Gasteiger charge is -2.25. The molecule has 0 N–H and O–H groups in total. The first-order valence-electron chi connectivity index (χ1n) is 6.36.